The van der Waals surface area contributed by atoms with Gasteiger partial charge in [0.1, 0.15) is 0 Å². The molecule has 1 heterocycles. The molecule has 0 saturated carbocycles. The van der Waals surface area contributed by atoms with Crippen LogP contribution in [0.15, 0.2) is 30.5 Å². The number of nitrogens with zero attached hydrogens (tertiary/aromatic N) is 1. The summed E-state index contributed by atoms with van der Waals surface area (Å²) in [4.78, 5) is 0. The Morgan fingerprint density at radius 3 is 2.60 bits per heavy atom. The van der Waals surface area contributed by atoms with E-state index in [9.17, 15) is 0 Å². The summed E-state index contributed by atoms with van der Waals surface area (Å²) in [6, 6.07) is 8.61. The Kier molecular flexibility index (Phi) is 2.81. The second-order valence-corrected chi connectivity index (χ2v) is 4.68. The Morgan fingerprint density at radius 1 is 1.20 bits per heavy atom. The predicted molar refractivity (Wildman–Crippen MR) is 66.1 cm³/mol. The normalized spacial score (nSPS) is 11.5. The van der Waals surface area contributed by atoms with Crippen molar-refractivity contribution in [3.8, 4) is 0 Å². The van der Waals surface area contributed by atoms with Crippen LogP contribution in [-0.4, -0.2) is 4.57 Å². The summed E-state index contributed by atoms with van der Waals surface area (Å²) in [5, 5.41) is 2.75. The molecular weight excluding hydrogens is 182 g/mol. The number of hydrogen-bond donors (Lipinski definition) is 0. The smallest absolute Gasteiger partial charge is 0.0225 e. The van der Waals surface area contributed by atoms with Gasteiger partial charge in [0.15, 0.2) is 0 Å². The van der Waals surface area contributed by atoms with Crippen LogP contribution < -0.4 is 0 Å². The number of hydrogen-bond acceptors (Lipinski definition) is 0. The van der Waals surface area contributed by atoms with E-state index in [1.807, 2.05) is 0 Å². The first kappa shape index (κ1) is 10.3. The highest BCUT2D eigenvalue weighted by molar-refractivity contribution is 5.85. The first-order valence-corrected chi connectivity index (χ1v) is 5.73. The molecular formula is C14H19N. The molecule has 1 heteroatoms. The van der Waals surface area contributed by atoms with Crippen LogP contribution in [0.3, 0.4) is 0 Å². The maximum atomic E-state index is 2.38. The maximum Gasteiger partial charge on any atom is 0.0225 e. The third-order valence-corrected chi connectivity index (χ3v) is 3.02. The van der Waals surface area contributed by atoms with E-state index < -0.39 is 0 Å². The zero-order valence-corrected chi connectivity index (χ0v) is 9.83. The Morgan fingerprint density at radius 2 is 1.93 bits per heavy atom. The lowest BCUT2D eigenvalue weighted by Crippen LogP contribution is -2.01. The van der Waals surface area contributed by atoms with Gasteiger partial charge in [0.25, 0.3) is 0 Å². The van der Waals surface area contributed by atoms with Crippen LogP contribution >= 0.6 is 0 Å². The number of aromatic nitrogens is 1. The van der Waals surface area contributed by atoms with E-state index in [0.29, 0.717) is 0 Å². The summed E-state index contributed by atoms with van der Waals surface area (Å²) in [6.07, 6.45) is 3.52. The molecule has 0 bridgehead atoms. The van der Waals surface area contributed by atoms with Crippen LogP contribution in [0.25, 0.3) is 10.8 Å². The van der Waals surface area contributed by atoms with Crippen molar-refractivity contribution >= 4 is 10.8 Å². The van der Waals surface area contributed by atoms with Crippen LogP contribution in [0.1, 0.15) is 26.0 Å². The summed E-state index contributed by atoms with van der Waals surface area (Å²) in [5.74, 6) is 0.773. The minimum Gasteiger partial charge on any atom is -0.350 e. The second-order valence-electron chi connectivity index (χ2n) is 4.68. The van der Waals surface area contributed by atoms with E-state index >= 15 is 0 Å². The first-order valence-electron chi connectivity index (χ1n) is 5.73. The zero-order valence-electron chi connectivity index (χ0n) is 9.83. The number of rotatable bonds is 3. The summed E-state index contributed by atoms with van der Waals surface area (Å²) >= 11 is 0. The molecule has 0 aliphatic carbocycles. The van der Waals surface area contributed by atoms with Crippen LogP contribution in [-0.2, 0) is 6.54 Å². The summed E-state index contributed by atoms with van der Waals surface area (Å²) < 4.78 is 2.38. The van der Waals surface area contributed by atoms with Crippen molar-refractivity contribution in [3.63, 3.8) is 0 Å². The Labute approximate surface area is 91.7 Å². The van der Waals surface area contributed by atoms with Crippen molar-refractivity contribution < 1.29 is 0 Å². The van der Waals surface area contributed by atoms with E-state index in [2.05, 4.69) is 55.8 Å². The van der Waals surface area contributed by atoms with Crippen molar-refractivity contribution in [2.24, 2.45) is 5.92 Å². The molecule has 0 atom stereocenters. The van der Waals surface area contributed by atoms with Gasteiger partial charge in [-0.25, -0.2) is 0 Å². The molecule has 80 valence electrons. The van der Waals surface area contributed by atoms with Gasteiger partial charge in [0.05, 0.1) is 0 Å². The SMILES string of the molecule is Cc1c2ccccc2cn1CCC(C)C. The maximum absolute atomic E-state index is 2.38. The second kappa shape index (κ2) is 4.09. The summed E-state index contributed by atoms with van der Waals surface area (Å²) in [7, 11) is 0. The quantitative estimate of drug-likeness (QED) is 0.707. The molecule has 0 aliphatic rings. The highest BCUT2D eigenvalue weighted by Gasteiger charge is 2.04. The third kappa shape index (κ3) is 2.06. The topological polar surface area (TPSA) is 4.93 Å². The molecule has 0 N–H and O–H groups in total. The largest absolute Gasteiger partial charge is 0.350 e. The predicted octanol–water partition coefficient (Wildman–Crippen LogP) is 4.00. The van der Waals surface area contributed by atoms with Gasteiger partial charge >= 0.3 is 0 Å². The molecule has 0 radical (unpaired) electrons. The number of aryl methyl sites for hydroxylation is 2. The molecule has 0 fully saturated rings. The highest BCUT2D eigenvalue weighted by Crippen LogP contribution is 2.20. The Balaban J connectivity index is 2.32. The van der Waals surface area contributed by atoms with Gasteiger partial charge < -0.3 is 4.57 Å². The average molecular weight is 201 g/mol. The van der Waals surface area contributed by atoms with E-state index in [4.69, 9.17) is 0 Å². The van der Waals surface area contributed by atoms with Crippen molar-refractivity contribution in [1.29, 1.82) is 0 Å². The minimum atomic E-state index is 0.773. The lowest BCUT2D eigenvalue weighted by molar-refractivity contribution is 0.513. The van der Waals surface area contributed by atoms with E-state index in [1.165, 1.54) is 22.9 Å². The molecule has 0 unspecified atom stereocenters. The number of fused-ring (bicyclic) bond motifs is 1. The van der Waals surface area contributed by atoms with Crippen LogP contribution in [0.5, 0.6) is 0 Å². The van der Waals surface area contributed by atoms with Crippen molar-refractivity contribution in [2.75, 3.05) is 0 Å². The molecule has 1 aromatic carbocycles. The van der Waals surface area contributed by atoms with Crippen molar-refractivity contribution in [1.82, 2.24) is 4.57 Å². The van der Waals surface area contributed by atoms with Crippen LogP contribution in [0.4, 0.5) is 0 Å². The molecule has 0 saturated heterocycles. The fraction of sp³-hybridized carbons (Fsp3) is 0.429. The lowest BCUT2D eigenvalue weighted by atomic mass is 10.1. The fourth-order valence-corrected chi connectivity index (χ4v) is 1.99. The molecule has 0 amide bonds. The lowest BCUT2D eigenvalue weighted by Gasteiger charge is -2.07. The van der Waals surface area contributed by atoms with Crippen LogP contribution in [0.2, 0.25) is 0 Å². The van der Waals surface area contributed by atoms with E-state index in [0.717, 1.165) is 12.5 Å². The summed E-state index contributed by atoms with van der Waals surface area (Å²) in [5.41, 5.74) is 1.39. The summed E-state index contributed by atoms with van der Waals surface area (Å²) in [6.45, 7) is 7.90. The molecule has 1 aromatic heterocycles. The standard InChI is InChI=1S/C14H19N/c1-11(2)8-9-15-10-13-6-4-5-7-14(13)12(15)3/h4-7,10-11H,8-9H2,1-3H3. The molecule has 2 aromatic rings. The highest BCUT2D eigenvalue weighted by atomic mass is 15.0. The molecule has 2 rings (SSSR count). The van der Waals surface area contributed by atoms with Crippen molar-refractivity contribution in [2.45, 2.75) is 33.7 Å². The Hall–Kier alpha value is -1.24. The third-order valence-electron chi connectivity index (χ3n) is 3.02. The van der Waals surface area contributed by atoms with Gasteiger partial charge in [0, 0.05) is 23.8 Å². The van der Waals surface area contributed by atoms with Gasteiger partial charge in [-0.05, 0) is 24.6 Å². The molecule has 15 heavy (non-hydrogen) atoms. The molecule has 0 aliphatic heterocycles. The van der Waals surface area contributed by atoms with Gasteiger partial charge in [-0.15, -0.1) is 0 Å². The molecule has 1 nitrogen and oxygen atoms in total. The van der Waals surface area contributed by atoms with Gasteiger partial charge in [0.2, 0.25) is 0 Å². The average Bonchev–Trinajstić information content (AvgIpc) is 2.54. The minimum absolute atomic E-state index is 0.773. The Bertz CT molecular complexity index is 451. The number of benzene rings is 1. The monoisotopic (exact) mass is 201 g/mol. The van der Waals surface area contributed by atoms with Crippen molar-refractivity contribution in [3.05, 3.63) is 36.2 Å². The van der Waals surface area contributed by atoms with Crippen LogP contribution in [0, 0.1) is 12.8 Å². The van der Waals surface area contributed by atoms with Gasteiger partial charge in [-0.1, -0.05) is 38.1 Å². The first-order chi connectivity index (χ1) is 7.18. The van der Waals surface area contributed by atoms with Gasteiger partial charge in [-0.3, -0.25) is 0 Å². The molecule has 0 spiro atoms. The van der Waals surface area contributed by atoms with Gasteiger partial charge in [-0.2, -0.15) is 0 Å². The van der Waals surface area contributed by atoms with E-state index in [-0.39, 0.29) is 0 Å². The fourth-order valence-electron chi connectivity index (χ4n) is 1.99. The zero-order chi connectivity index (χ0) is 10.8. The van der Waals surface area contributed by atoms with E-state index in [1.54, 1.807) is 0 Å².